The van der Waals surface area contributed by atoms with Gasteiger partial charge in [0.05, 0.1) is 11.6 Å². The van der Waals surface area contributed by atoms with Crippen LogP contribution in [0.15, 0.2) is 12.1 Å². The van der Waals surface area contributed by atoms with Crippen LogP contribution >= 0.6 is 11.6 Å². The molecule has 1 aromatic rings. The average Bonchev–Trinajstić information content (AvgIpc) is 2.33. The molecule has 0 atom stereocenters. The molecule has 0 radical (unpaired) electrons. The lowest BCUT2D eigenvalue weighted by Crippen LogP contribution is -2.19. The summed E-state index contributed by atoms with van der Waals surface area (Å²) in [7, 11) is 4.00. The van der Waals surface area contributed by atoms with Crippen LogP contribution in [0.5, 0.6) is 11.5 Å². The van der Waals surface area contributed by atoms with E-state index in [1.165, 1.54) is 0 Å². The standard InChI is InChI=1S/C14H23ClN2O2/c1-4-18-13-10-11(5-6-16)9-12(15)14(13)19-8-7-17(2)3/h9-10H,4-8,16H2,1-3H3. The van der Waals surface area contributed by atoms with Gasteiger partial charge in [0.2, 0.25) is 0 Å². The van der Waals surface area contributed by atoms with E-state index in [1.54, 1.807) is 0 Å². The van der Waals surface area contributed by atoms with E-state index in [-0.39, 0.29) is 0 Å². The number of nitrogens with zero attached hydrogens (tertiary/aromatic N) is 1. The third-order valence-corrected chi connectivity index (χ3v) is 2.87. The predicted molar refractivity (Wildman–Crippen MR) is 79.4 cm³/mol. The average molecular weight is 287 g/mol. The van der Waals surface area contributed by atoms with E-state index >= 15 is 0 Å². The van der Waals surface area contributed by atoms with E-state index in [2.05, 4.69) is 4.90 Å². The zero-order valence-corrected chi connectivity index (χ0v) is 12.7. The summed E-state index contributed by atoms with van der Waals surface area (Å²) in [6.07, 6.45) is 0.776. The zero-order chi connectivity index (χ0) is 14.3. The Balaban J connectivity index is 2.87. The van der Waals surface area contributed by atoms with Crippen LogP contribution in [-0.2, 0) is 6.42 Å². The van der Waals surface area contributed by atoms with Crippen molar-refractivity contribution in [3.05, 3.63) is 22.7 Å². The summed E-state index contributed by atoms with van der Waals surface area (Å²) >= 11 is 6.26. The highest BCUT2D eigenvalue weighted by molar-refractivity contribution is 6.32. The molecule has 0 spiro atoms. The van der Waals surface area contributed by atoms with Gasteiger partial charge in [-0.05, 0) is 51.7 Å². The SMILES string of the molecule is CCOc1cc(CCN)cc(Cl)c1OCCN(C)C. The molecule has 1 rings (SSSR count). The molecule has 0 heterocycles. The van der Waals surface area contributed by atoms with E-state index in [9.17, 15) is 0 Å². The Bertz CT molecular complexity index is 397. The first-order valence-corrected chi connectivity index (χ1v) is 6.89. The number of hydrogen-bond donors (Lipinski definition) is 1. The Morgan fingerprint density at radius 2 is 2.00 bits per heavy atom. The quantitative estimate of drug-likeness (QED) is 0.796. The zero-order valence-electron chi connectivity index (χ0n) is 11.9. The molecule has 1 aromatic carbocycles. The van der Waals surface area contributed by atoms with Crippen LogP contribution < -0.4 is 15.2 Å². The molecule has 5 heteroatoms. The van der Waals surface area contributed by atoms with Crippen LogP contribution in [0, 0.1) is 0 Å². The van der Waals surface area contributed by atoms with Gasteiger partial charge in [-0.2, -0.15) is 0 Å². The van der Waals surface area contributed by atoms with Gasteiger partial charge in [-0.15, -0.1) is 0 Å². The van der Waals surface area contributed by atoms with Crippen molar-refractivity contribution in [1.82, 2.24) is 4.90 Å². The Labute approximate surface area is 120 Å². The van der Waals surface area contributed by atoms with Gasteiger partial charge in [0, 0.05) is 6.54 Å². The molecular formula is C14H23ClN2O2. The number of benzene rings is 1. The van der Waals surface area contributed by atoms with Gasteiger partial charge in [-0.3, -0.25) is 0 Å². The minimum absolute atomic E-state index is 0.572. The van der Waals surface area contributed by atoms with Crippen molar-refractivity contribution in [2.45, 2.75) is 13.3 Å². The molecule has 0 fully saturated rings. The van der Waals surface area contributed by atoms with Crippen molar-refractivity contribution in [2.75, 3.05) is 40.4 Å². The molecule has 0 saturated heterocycles. The molecule has 0 unspecified atom stereocenters. The van der Waals surface area contributed by atoms with Crippen LogP contribution in [0.4, 0.5) is 0 Å². The van der Waals surface area contributed by atoms with Gasteiger partial charge >= 0.3 is 0 Å². The van der Waals surface area contributed by atoms with Gasteiger partial charge in [-0.25, -0.2) is 0 Å². The van der Waals surface area contributed by atoms with Crippen molar-refractivity contribution < 1.29 is 9.47 Å². The summed E-state index contributed by atoms with van der Waals surface area (Å²) in [6, 6.07) is 3.84. The maximum Gasteiger partial charge on any atom is 0.179 e. The van der Waals surface area contributed by atoms with Crippen molar-refractivity contribution >= 4 is 11.6 Å². The summed E-state index contributed by atoms with van der Waals surface area (Å²) in [4.78, 5) is 2.05. The van der Waals surface area contributed by atoms with Crippen LogP contribution in [0.1, 0.15) is 12.5 Å². The van der Waals surface area contributed by atoms with Crippen molar-refractivity contribution in [2.24, 2.45) is 5.73 Å². The molecule has 108 valence electrons. The first kappa shape index (κ1) is 16.1. The maximum absolute atomic E-state index is 6.26. The van der Waals surface area contributed by atoms with E-state index in [0.29, 0.717) is 36.3 Å². The normalized spacial score (nSPS) is 10.8. The third kappa shape index (κ3) is 5.27. The second-order valence-corrected chi connectivity index (χ2v) is 4.94. The Morgan fingerprint density at radius 3 is 2.58 bits per heavy atom. The minimum atomic E-state index is 0.572. The molecule has 0 aliphatic heterocycles. The van der Waals surface area contributed by atoms with Gasteiger partial charge in [-0.1, -0.05) is 11.6 Å². The van der Waals surface area contributed by atoms with Crippen molar-refractivity contribution in [1.29, 1.82) is 0 Å². The highest BCUT2D eigenvalue weighted by atomic mass is 35.5. The first-order chi connectivity index (χ1) is 9.08. The fraction of sp³-hybridized carbons (Fsp3) is 0.571. The van der Waals surface area contributed by atoms with Gasteiger partial charge < -0.3 is 20.1 Å². The number of rotatable bonds is 8. The lowest BCUT2D eigenvalue weighted by atomic mass is 10.1. The Hall–Kier alpha value is -0.970. The van der Waals surface area contributed by atoms with E-state index in [4.69, 9.17) is 26.8 Å². The monoisotopic (exact) mass is 286 g/mol. The molecule has 19 heavy (non-hydrogen) atoms. The molecule has 0 aromatic heterocycles. The molecule has 4 nitrogen and oxygen atoms in total. The van der Waals surface area contributed by atoms with Gasteiger partial charge in [0.1, 0.15) is 6.61 Å². The second kappa shape index (κ2) is 8.25. The van der Waals surface area contributed by atoms with Crippen molar-refractivity contribution in [3.8, 4) is 11.5 Å². The van der Waals surface area contributed by atoms with Crippen LogP contribution in [0.2, 0.25) is 5.02 Å². The summed E-state index contributed by atoms with van der Waals surface area (Å²) < 4.78 is 11.3. The van der Waals surface area contributed by atoms with Crippen LogP contribution in [0.3, 0.4) is 0 Å². The number of likely N-dealkylation sites (N-methyl/N-ethyl adjacent to an activating group) is 1. The van der Waals surface area contributed by atoms with E-state index in [1.807, 2.05) is 33.2 Å². The molecule has 0 aliphatic rings. The Kier molecular flexibility index (Phi) is 6.99. The molecule has 2 N–H and O–H groups in total. The van der Waals surface area contributed by atoms with Crippen LogP contribution in [0.25, 0.3) is 0 Å². The topological polar surface area (TPSA) is 47.7 Å². The molecule has 0 aliphatic carbocycles. The second-order valence-electron chi connectivity index (χ2n) is 4.53. The third-order valence-electron chi connectivity index (χ3n) is 2.59. The Morgan fingerprint density at radius 1 is 1.26 bits per heavy atom. The number of nitrogens with two attached hydrogens (primary N) is 1. The van der Waals surface area contributed by atoms with E-state index < -0.39 is 0 Å². The number of halogens is 1. The summed E-state index contributed by atoms with van der Waals surface area (Å²) in [5.74, 6) is 1.31. The summed E-state index contributed by atoms with van der Waals surface area (Å²) in [5.41, 5.74) is 6.63. The highest BCUT2D eigenvalue weighted by Gasteiger charge is 2.12. The molecule has 0 bridgehead atoms. The van der Waals surface area contributed by atoms with Crippen LogP contribution in [-0.4, -0.2) is 45.3 Å². The maximum atomic E-state index is 6.26. The summed E-state index contributed by atoms with van der Waals surface area (Å²) in [6.45, 7) is 4.50. The smallest absolute Gasteiger partial charge is 0.179 e. The highest BCUT2D eigenvalue weighted by Crippen LogP contribution is 2.36. The van der Waals surface area contributed by atoms with Crippen molar-refractivity contribution in [3.63, 3.8) is 0 Å². The fourth-order valence-electron chi connectivity index (χ4n) is 1.67. The summed E-state index contributed by atoms with van der Waals surface area (Å²) in [5, 5.41) is 0.577. The van der Waals surface area contributed by atoms with Gasteiger partial charge in [0.25, 0.3) is 0 Å². The van der Waals surface area contributed by atoms with E-state index in [0.717, 1.165) is 18.5 Å². The number of ether oxygens (including phenoxy) is 2. The van der Waals surface area contributed by atoms with Gasteiger partial charge in [0.15, 0.2) is 11.5 Å². The number of hydrogen-bond acceptors (Lipinski definition) is 4. The molecular weight excluding hydrogens is 264 g/mol. The molecule has 0 saturated carbocycles. The largest absolute Gasteiger partial charge is 0.490 e. The molecule has 0 amide bonds. The lowest BCUT2D eigenvalue weighted by Gasteiger charge is -2.16. The first-order valence-electron chi connectivity index (χ1n) is 6.51. The minimum Gasteiger partial charge on any atom is -0.490 e. The fourth-order valence-corrected chi connectivity index (χ4v) is 1.95. The lowest BCUT2D eigenvalue weighted by molar-refractivity contribution is 0.244. The predicted octanol–water partition coefficient (Wildman–Crippen LogP) is 2.18.